The van der Waals surface area contributed by atoms with Crippen LogP contribution in [0, 0.1) is 0 Å². The van der Waals surface area contributed by atoms with Crippen molar-refractivity contribution in [2.24, 2.45) is 0 Å². The molecular weight excluding hydrogens is 267 g/mol. The number of aromatic nitrogens is 1. The lowest BCUT2D eigenvalue weighted by atomic mass is 10.0. The molecule has 18 heavy (non-hydrogen) atoms. The molecule has 98 valence electrons. The molecule has 0 spiro atoms. The van der Waals surface area contributed by atoms with Gasteiger partial charge in [0.2, 0.25) is 0 Å². The number of aliphatic hydroxyl groups excluding tert-OH is 1. The topological polar surface area (TPSA) is 36.0 Å². The van der Waals surface area contributed by atoms with Gasteiger partial charge in [0.25, 0.3) is 0 Å². The smallest absolute Gasteiger partial charge is 0.396 e. The number of fused-ring (bicyclic) bond motifs is 1. The predicted molar refractivity (Wildman–Crippen MR) is 63.7 cm³/mol. The summed E-state index contributed by atoms with van der Waals surface area (Å²) in [6, 6.07) is 2.22. The van der Waals surface area contributed by atoms with Crippen LogP contribution in [0.3, 0.4) is 0 Å². The number of hydrogen-bond acceptors (Lipinski definition) is 1. The Morgan fingerprint density at radius 1 is 1.28 bits per heavy atom. The number of aryl methyl sites for hydroxylation is 1. The largest absolute Gasteiger partial charge is 0.417 e. The minimum absolute atomic E-state index is 0.0609. The monoisotopic (exact) mass is 277 g/mol. The molecule has 0 aliphatic rings. The molecule has 2 nitrogen and oxygen atoms in total. The van der Waals surface area contributed by atoms with Gasteiger partial charge < -0.3 is 10.1 Å². The molecule has 1 aromatic carbocycles. The van der Waals surface area contributed by atoms with Crippen LogP contribution in [-0.2, 0) is 12.6 Å². The van der Waals surface area contributed by atoms with E-state index in [0.717, 1.165) is 6.07 Å². The van der Waals surface area contributed by atoms with Gasteiger partial charge in [0.15, 0.2) is 0 Å². The molecule has 0 fully saturated rings. The molecule has 1 aromatic heterocycles. The van der Waals surface area contributed by atoms with Crippen molar-refractivity contribution >= 4 is 22.5 Å². The molecule has 6 heteroatoms. The highest BCUT2D eigenvalue weighted by Crippen LogP contribution is 2.38. The summed E-state index contributed by atoms with van der Waals surface area (Å²) < 4.78 is 38.8. The van der Waals surface area contributed by atoms with E-state index >= 15 is 0 Å². The molecule has 0 saturated carbocycles. The molecule has 0 amide bonds. The molecule has 2 N–H and O–H groups in total. The minimum atomic E-state index is -4.42. The van der Waals surface area contributed by atoms with Crippen molar-refractivity contribution in [3.05, 3.63) is 34.5 Å². The fourth-order valence-corrected chi connectivity index (χ4v) is 2.20. The van der Waals surface area contributed by atoms with Gasteiger partial charge in [-0.15, -0.1) is 0 Å². The Morgan fingerprint density at radius 2 is 2.00 bits per heavy atom. The first-order valence-corrected chi connectivity index (χ1v) is 5.79. The summed E-state index contributed by atoms with van der Waals surface area (Å²) in [6.07, 6.45) is -2.11. The molecule has 2 rings (SSSR count). The SMILES string of the molecule is OCCCc1c[nH]c2c(Cl)ccc(C(F)(F)F)c12. The Labute approximate surface area is 106 Å². The van der Waals surface area contributed by atoms with Crippen molar-refractivity contribution in [2.45, 2.75) is 19.0 Å². The highest BCUT2D eigenvalue weighted by molar-refractivity contribution is 6.35. The van der Waals surface area contributed by atoms with Gasteiger partial charge in [0.1, 0.15) is 0 Å². The van der Waals surface area contributed by atoms with Crippen molar-refractivity contribution in [3.63, 3.8) is 0 Å². The summed E-state index contributed by atoms with van der Waals surface area (Å²) >= 11 is 5.88. The number of hydrogen-bond donors (Lipinski definition) is 2. The Kier molecular flexibility index (Phi) is 3.54. The van der Waals surface area contributed by atoms with Crippen LogP contribution in [-0.4, -0.2) is 16.7 Å². The first-order chi connectivity index (χ1) is 8.45. The average molecular weight is 278 g/mol. The molecule has 0 radical (unpaired) electrons. The van der Waals surface area contributed by atoms with Gasteiger partial charge in [0, 0.05) is 18.2 Å². The van der Waals surface area contributed by atoms with Crippen molar-refractivity contribution in [1.29, 1.82) is 0 Å². The van der Waals surface area contributed by atoms with Gasteiger partial charge in [-0.25, -0.2) is 0 Å². The van der Waals surface area contributed by atoms with Gasteiger partial charge in [-0.1, -0.05) is 11.6 Å². The summed E-state index contributed by atoms with van der Waals surface area (Å²) in [5.74, 6) is 0. The van der Waals surface area contributed by atoms with E-state index in [1.54, 1.807) is 0 Å². The van der Waals surface area contributed by atoms with Crippen LogP contribution in [0.15, 0.2) is 18.3 Å². The predicted octanol–water partition coefficient (Wildman–Crippen LogP) is 3.77. The minimum Gasteiger partial charge on any atom is -0.396 e. The molecule has 0 aliphatic heterocycles. The standard InChI is InChI=1S/C12H11ClF3NO/c13-9-4-3-8(12(14,15)16)10-7(2-1-5-18)6-17-11(9)10/h3-4,6,17-18H,1-2,5H2. The van der Waals surface area contributed by atoms with Crippen LogP contribution < -0.4 is 0 Å². The number of aliphatic hydroxyl groups is 1. The number of aromatic amines is 1. The lowest BCUT2D eigenvalue weighted by Gasteiger charge is -2.10. The van der Waals surface area contributed by atoms with Crippen molar-refractivity contribution in [1.82, 2.24) is 4.98 Å². The maximum atomic E-state index is 12.9. The second-order valence-corrected chi connectivity index (χ2v) is 4.39. The molecule has 0 bridgehead atoms. The van der Waals surface area contributed by atoms with E-state index in [2.05, 4.69) is 4.98 Å². The highest BCUT2D eigenvalue weighted by Gasteiger charge is 2.34. The average Bonchev–Trinajstić information content (AvgIpc) is 2.70. The van der Waals surface area contributed by atoms with E-state index in [-0.39, 0.29) is 17.0 Å². The van der Waals surface area contributed by atoms with E-state index in [4.69, 9.17) is 16.7 Å². The summed E-state index contributed by atoms with van der Waals surface area (Å²) in [5, 5.41) is 9.12. The zero-order chi connectivity index (χ0) is 13.3. The first kappa shape index (κ1) is 13.2. The Bertz CT molecular complexity index is 562. The summed E-state index contributed by atoms with van der Waals surface area (Å²) in [6.45, 7) is -0.0609. The van der Waals surface area contributed by atoms with Crippen molar-refractivity contribution in [2.75, 3.05) is 6.61 Å². The lowest BCUT2D eigenvalue weighted by Crippen LogP contribution is -2.06. The number of alkyl halides is 3. The molecular formula is C12H11ClF3NO. The third kappa shape index (κ3) is 2.33. The highest BCUT2D eigenvalue weighted by atomic mass is 35.5. The van der Waals surface area contributed by atoms with Crippen LogP contribution in [0.5, 0.6) is 0 Å². The van der Waals surface area contributed by atoms with E-state index in [0.29, 0.717) is 23.9 Å². The number of nitrogens with one attached hydrogen (secondary N) is 1. The van der Waals surface area contributed by atoms with Gasteiger partial charge in [0.05, 0.1) is 16.1 Å². The van der Waals surface area contributed by atoms with Gasteiger partial charge >= 0.3 is 6.18 Å². The molecule has 2 aromatic rings. The normalized spacial score (nSPS) is 12.3. The summed E-state index contributed by atoms with van der Waals surface area (Å²) in [5.41, 5.74) is 0.115. The zero-order valence-electron chi connectivity index (χ0n) is 9.31. The second kappa shape index (κ2) is 4.82. The fourth-order valence-electron chi connectivity index (χ4n) is 1.99. The summed E-state index contributed by atoms with van der Waals surface area (Å²) in [4.78, 5) is 2.76. The number of benzene rings is 1. The van der Waals surface area contributed by atoms with Crippen molar-refractivity contribution < 1.29 is 18.3 Å². The first-order valence-electron chi connectivity index (χ1n) is 5.41. The van der Waals surface area contributed by atoms with Crippen LogP contribution in [0.25, 0.3) is 10.9 Å². The van der Waals surface area contributed by atoms with Crippen LogP contribution in [0.1, 0.15) is 17.5 Å². The van der Waals surface area contributed by atoms with E-state index in [1.165, 1.54) is 12.3 Å². The fraction of sp³-hybridized carbons (Fsp3) is 0.333. The van der Waals surface area contributed by atoms with Gasteiger partial charge in [-0.05, 0) is 30.5 Å². The third-order valence-electron chi connectivity index (χ3n) is 2.78. The Morgan fingerprint density at radius 3 is 2.61 bits per heavy atom. The molecule has 0 aliphatic carbocycles. The quantitative estimate of drug-likeness (QED) is 0.880. The van der Waals surface area contributed by atoms with E-state index in [1.807, 2.05) is 0 Å². The third-order valence-corrected chi connectivity index (χ3v) is 3.09. The van der Waals surface area contributed by atoms with Gasteiger partial charge in [-0.3, -0.25) is 0 Å². The van der Waals surface area contributed by atoms with Crippen LogP contribution >= 0.6 is 11.6 Å². The number of rotatable bonds is 3. The summed E-state index contributed by atoms with van der Waals surface area (Å²) in [7, 11) is 0. The zero-order valence-corrected chi connectivity index (χ0v) is 10.1. The Hall–Kier alpha value is -1.20. The molecule has 0 atom stereocenters. The van der Waals surface area contributed by atoms with E-state index in [9.17, 15) is 13.2 Å². The van der Waals surface area contributed by atoms with Crippen molar-refractivity contribution in [3.8, 4) is 0 Å². The lowest BCUT2D eigenvalue weighted by molar-refractivity contribution is -0.136. The van der Waals surface area contributed by atoms with Crippen LogP contribution in [0.2, 0.25) is 5.02 Å². The molecule has 1 heterocycles. The molecule has 0 unspecified atom stereocenters. The van der Waals surface area contributed by atoms with E-state index < -0.39 is 11.7 Å². The number of H-pyrrole nitrogens is 1. The van der Waals surface area contributed by atoms with Gasteiger partial charge in [-0.2, -0.15) is 13.2 Å². The second-order valence-electron chi connectivity index (χ2n) is 3.98. The number of halogens is 4. The van der Waals surface area contributed by atoms with Crippen LogP contribution in [0.4, 0.5) is 13.2 Å². The Balaban J connectivity index is 2.64. The molecule has 0 saturated heterocycles. The maximum absolute atomic E-state index is 12.9. The maximum Gasteiger partial charge on any atom is 0.417 e.